The Labute approximate surface area is 200 Å². The highest BCUT2D eigenvalue weighted by molar-refractivity contribution is 5.85. The van der Waals surface area contributed by atoms with Crippen LogP contribution in [-0.2, 0) is 14.3 Å². The van der Waals surface area contributed by atoms with Crippen molar-refractivity contribution in [2.75, 3.05) is 13.2 Å². The molecule has 7 nitrogen and oxygen atoms in total. The van der Waals surface area contributed by atoms with Crippen LogP contribution < -0.4 is 5.32 Å². The number of carbonyl (C=O) groups excluding carboxylic acids is 2. The Kier molecular flexibility index (Phi) is 7.20. The first kappa shape index (κ1) is 23.8. The molecule has 2 aliphatic carbocycles. The van der Waals surface area contributed by atoms with E-state index in [2.05, 4.69) is 29.6 Å². The first-order valence-corrected chi connectivity index (χ1v) is 12.0. The Morgan fingerprint density at radius 3 is 2.26 bits per heavy atom. The van der Waals surface area contributed by atoms with Crippen LogP contribution >= 0.6 is 0 Å². The average molecular weight is 465 g/mol. The van der Waals surface area contributed by atoms with Crippen LogP contribution in [0.2, 0.25) is 0 Å². The summed E-state index contributed by atoms with van der Waals surface area (Å²) < 4.78 is 5.65. The van der Waals surface area contributed by atoms with Crippen LogP contribution in [0.1, 0.15) is 56.6 Å². The summed E-state index contributed by atoms with van der Waals surface area (Å²) in [6, 6.07) is 15.8. The predicted octanol–water partition coefficient (Wildman–Crippen LogP) is 4.41. The number of rotatable bonds is 8. The first-order valence-electron chi connectivity index (χ1n) is 12.0. The summed E-state index contributed by atoms with van der Waals surface area (Å²) in [5.74, 6) is -1.71. The highest BCUT2D eigenvalue weighted by Gasteiger charge is 2.38. The van der Waals surface area contributed by atoms with E-state index in [-0.39, 0.29) is 37.1 Å². The highest BCUT2D eigenvalue weighted by Crippen LogP contribution is 2.44. The standard InChI is InChI=1S/C27H32N2O5/c1-3-17(2)29(15-25(30)31)26(32)22-13-8-14-24(22)28-27(33)34-16-23-20-11-6-4-9-18(20)19-10-5-7-12-21(19)23/h4-7,9-12,17,22-24H,3,8,13-16H2,1-2H3,(H,28,33)(H,30,31)/t17?,22-,24+/m1/s1. The molecule has 34 heavy (non-hydrogen) atoms. The lowest BCUT2D eigenvalue weighted by molar-refractivity contribution is -0.148. The van der Waals surface area contributed by atoms with Gasteiger partial charge in [-0.2, -0.15) is 0 Å². The van der Waals surface area contributed by atoms with E-state index in [9.17, 15) is 19.5 Å². The van der Waals surface area contributed by atoms with Gasteiger partial charge in [0.2, 0.25) is 5.91 Å². The third-order valence-corrected chi connectivity index (χ3v) is 7.19. The Morgan fingerprint density at radius 2 is 1.68 bits per heavy atom. The van der Waals surface area contributed by atoms with E-state index in [0.717, 1.165) is 28.7 Å². The number of carbonyl (C=O) groups is 3. The zero-order valence-electron chi connectivity index (χ0n) is 19.7. The SMILES string of the molecule is CCC(C)N(CC(=O)O)C(=O)[C@@H]1CCC[C@@H]1NC(=O)OCC1c2ccccc2-c2ccccc21. The minimum atomic E-state index is -1.03. The Morgan fingerprint density at radius 1 is 1.06 bits per heavy atom. The van der Waals surface area contributed by atoms with Crippen molar-refractivity contribution in [1.82, 2.24) is 10.2 Å². The summed E-state index contributed by atoms with van der Waals surface area (Å²) in [4.78, 5) is 38.7. The molecule has 2 amide bonds. The van der Waals surface area contributed by atoms with Crippen molar-refractivity contribution in [1.29, 1.82) is 0 Å². The zero-order valence-corrected chi connectivity index (χ0v) is 19.7. The maximum absolute atomic E-state index is 13.2. The molecule has 1 saturated carbocycles. The number of benzene rings is 2. The monoisotopic (exact) mass is 464 g/mol. The molecule has 0 heterocycles. The normalized spacial score (nSPS) is 19.7. The molecule has 180 valence electrons. The molecule has 1 fully saturated rings. The van der Waals surface area contributed by atoms with Crippen LogP contribution in [0.3, 0.4) is 0 Å². The topological polar surface area (TPSA) is 95.9 Å². The molecule has 0 bridgehead atoms. The molecule has 1 unspecified atom stereocenters. The lowest BCUT2D eigenvalue weighted by Crippen LogP contribution is -2.49. The third kappa shape index (κ3) is 4.79. The molecule has 0 radical (unpaired) electrons. The first-order chi connectivity index (χ1) is 16.4. The van der Waals surface area contributed by atoms with Crippen molar-refractivity contribution in [2.45, 2.75) is 57.5 Å². The molecule has 2 aliphatic rings. The second-order valence-electron chi connectivity index (χ2n) is 9.23. The number of nitrogens with one attached hydrogen (secondary N) is 1. The molecule has 3 atom stereocenters. The minimum absolute atomic E-state index is 0.0318. The minimum Gasteiger partial charge on any atom is -0.480 e. The summed E-state index contributed by atoms with van der Waals surface area (Å²) in [6.45, 7) is 3.66. The fourth-order valence-electron chi connectivity index (χ4n) is 5.25. The summed E-state index contributed by atoms with van der Waals surface area (Å²) >= 11 is 0. The Balaban J connectivity index is 1.40. The highest BCUT2D eigenvalue weighted by atomic mass is 16.5. The quantitative estimate of drug-likeness (QED) is 0.604. The fourth-order valence-corrected chi connectivity index (χ4v) is 5.25. The van der Waals surface area contributed by atoms with Gasteiger partial charge >= 0.3 is 12.1 Å². The van der Waals surface area contributed by atoms with Gasteiger partial charge in [0.25, 0.3) is 0 Å². The number of hydrogen-bond acceptors (Lipinski definition) is 4. The smallest absolute Gasteiger partial charge is 0.407 e. The summed E-state index contributed by atoms with van der Waals surface area (Å²) in [5, 5.41) is 12.2. The molecule has 0 aromatic heterocycles. The van der Waals surface area contributed by atoms with Crippen LogP contribution in [0.5, 0.6) is 0 Å². The van der Waals surface area contributed by atoms with Gasteiger partial charge in [0.1, 0.15) is 13.2 Å². The van der Waals surface area contributed by atoms with Gasteiger partial charge in [0, 0.05) is 18.0 Å². The van der Waals surface area contributed by atoms with Crippen molar-refractivity contribution in [3.05, 3.63) is 59.7 Å². The summed E-state index contributed by atoms with van der Waals surface area (Å²) in [6.07, 6.45) is 2.21. The van der Waals surface area contributed by atoms with Gasteiger partial charge in [-0.25, -0.2) is 4.79 Å². The van der Waals surface area contributed by atoms with Gasteiger partial charge in [-0.3, -0.25) is 9.59 Å². The molecule has 0 spiro atoms. The lowest BCUT2D eigenvalue weighted by Gasteiger charge is -2.31. The van der Waals surface area contributed by atoms with Gasteiger partial charge < -0.3 is 20.1 Å². The Hall–Kier alpha value is -3.35. The van der Waals surface area contributed by atoms with Crippen LogP contribution in [0.4, 0.5) is 4.79 Å². The van der Waals surface area contributed by atoms with E-state index in [1.807, 2.05) is 38.1 Å². The molecule has 2 N–H and O–H groups in total. The molecule has 0 aliphatic heterocycles. The third-order valence-electron chi connectivity index (χ3n) is 7.19. The van der Waals surface area contributed by atoms with Crippen molar-refractivity contribution in [3.63, 3.8) is 0 Å². The van der Waals surface area contributed by atoms with E-state index >= 15 is 0 Å². The van der Waals surface area contributed by atoms with E-state index in [1.165, 1.54) is 4.90 Å². The maximum atomic E-state index is 13.2. The number of fused-ring (bicyclic) bond motifs is 3. The van der Waals surface area contributed by atoms with Gasteiger partial charge in [0.05, 0.1) is 5.92 Å². The Bertz CT molecular complexity index is 1020. The van der Waals surface area contributed by atoms with E-state index in [0.29, 0.717) is 19.3 Å². The number of ether oxygens (including phenoxy) is 1. The number of amides is 2. The van der Waals surface area contributed by atoms with Crippen molar-refractivity contribution < 1.29 is 24.2 Å². The van der Waals surface area contributed by atoms with Gasteiger partial charge in [-0.15, -0.1) is 0 Å². The number of aliphatic carboxylic acids is 1. The average Bonchev–Trinajstić information content (AvgIpc) is 3.42. The molecule has 4 rings (SSSR count). The van der Waals surface area contributed by atoms with Gasteiger partial charge in [-0.05, 0) is 48.4 Å². The summed E-state index contributed by atoms with van der Waals surface area (Å²) in [5.41, 5.74) is 4.61. The van der Waals surface area contributed by atoms with Gasteiger partial charge in [0.15, 0.2) is 0 Å². The maximum Gasteiger partial charge on any atom is 0.407 e. The summed E-state index contributed by atoms with van der Waals surface area (Å²) in [7, 11) is 0. The van der Waals surface area contributed by atoms with Gasteiger partial charge in [-0.1, -0.05) is 61.9 Å². The van der Waals surface area contributed by atoms with Crippen LogP contribution in [0.25, 0.3) is 11.1 Å². The van der Waals surface area contributed by atoms with E-state index < -0.39 is 18.0 Å². The number of alkyl carbamates (subject to hydrolysis) is 1. The molecule has 2 aromatic rings. The van der Waals surface area contributed by atoms with Crippen molar-refractivity contribution >= 4 is 18.0 Å². The number of hydrogen-bond donors (Lipinski definition) is 2. The van der Waals surface area contributed by atoms with E-state index in [1.54, 1.807) is 0 Å². The number of carboxylic acid groups (broad SMARTS) is 1. The number of nitrogens with zero attached hydrogens (tertiary/aromatic N) is 1. The molecular weight excluding hydrogens is 432 g/mol. The largest absolute Gasteiger partial charge is 0.480 e. The molecule has 2 aromatic carbocycles. The number of carboxylic acids is 1. The second-order valence-corrected chi connectivity index (χ2v) is 9.23. The van der Waals surface area contributed by atoms with Crippen LogP contribution in [0.15, 0.2) is 48.5 Å². The lowest BCUT2D eigenvalue weighted by atomic mass is 9.98. The van der Waals surface area contributed by atoms with Crippen LogP contribution in [0, 0.1) is 5.92 Å². The van der Waals surface area contributed by atoms with Crippen LogP contribution in [-0.4, -0.2) is 53.2 Å². The van der Waals surface area contributed by atoms with Crippen molar-refractivity contribution in [3.8, 4) is 11.1 Å². The molecule has 0 saturated heterocycles. The fraction of sp³-hybridized carbons (Fsp3) is 0.444. The zero-order chi connectivity index (χ0) is 24.2. The predicted molar refractivity (Wildman–Crippen MR) is 128 cm³/mol. The second kappa shape index (κ2) is 10.3. The molecule has 7 heteroatoms. The molecular formula is C27H32N2O5. The van der Waals surface area contributed by atoms with Crippen molar-refractivity contribution in [2.24, 2.45) is 5.92 Å². The van der Waals surface area contributed by atoms with E-state index in [4.69, 9.17) is 4.74 Å².